The first-order valence-electron chi connectivity index (χ1n) is 13.5. The minimum atomic E-state index is -1.67. The summed E-state index contributed by atoms with van der Waals surface area (Å²) in [7, 11) is 1.43. The predicted molar refractivity (Wildman–Crippen MR) is 160 cm³/mol. The van der Waals surface area contributed by atoms with E-state index in [0.717, 1.165) is 69.2 Å². The number of ether oxygens (including phenoxy) is 1. The molecule has 210 valence electrons. The molecule has 1 aliphatic carbocycles. The van der Waals surface area contributed by atoms with E-state index in [-0.39, 0.29) is 16.2 Å². The van der Waals surface area contributed by atoms with Gasteiger partial charge in [-0.1, -0.05) is 56.7 Å². The zero-order valence-electron chi connectivity index (χ0n) is 23.6. The summed E-state index contributed by atoms with van der Waals surface area (Å²) in [5.41, 5.74) is 6.14. The maximum Gasteiger partial charge on any atom is 0.348 e. The molecule has 0 fully saturated rings. The predicted octanol–water partition coefficient (Wildman–Crippen LogP) is 7.96. The number of allylic oxidation sites excluding steroid dienone is 2. The zero-order valence-corrected chi connectivity index (χ0v) is 24.4. The second kappa shape index (κ2) is 10.8. The highest BCUT2D eigenvalue weighted by atomic mass is 32.1. The molecule has 0 saturated carbocycles. The Morgan fingerprint density at radius 1 is 1.15 bits per heavy atom. The highest BCUT2D eigenvalue weighted by Gasteiger charge is 2.39. The number of nitrogens with zero attached hydrogens (tertiary/aromatic N) is 1. The number of carboxylic acids is 1. The van der Waals surface area contributed by atoms with Gasteiger partial charge in [0.2, 0.25) is 5.91 Å². The van der Waals surface area contributed by atoms with Crippen LogP contribution in [0.2, 0.25) is 0 Å². The van der Waals surface area contributed by atoms with Crippen LogP contribution in [0, 0.1) is 11.3 Å². The number of carbonyl (C=O) groups is 1. The number of hydrogen-bond acceptors (Lipinski definition) is 7. The molecule has 0 radical (unpaired) electrons. The van der Waals surface area contributed by atoms with Gasteiger partial charge in [0.15, 0.2) is 5.58 Å². The van der Waals surface area contributed by atoms with Crippen LogP contribution in [0.25, 0.3) is 32.9 Å². The van der Waals surface area contributed by atoms with Gasteiger partial charge in [0.05, 0.1) is 5.69 Å². The number of furan rings is 1. The van der Waals surface area contributed by atoms with Crippen molar-refractivity contribution in [2.24, 2.45) is 11.3 Å². The van der Waals surface area contributed by atoms with Crippen molar-refractivity contribution in [1.82, 2.24) is 4.98 Å². The second-order valence-electron chi connectivity index (χ2n) is 11.8. The summed E-state index contributed by atoms with van der Waals surface area (Å²) in [5, 5.41) is 24.2. The fourth-order valence-electron chi connectivity index (χ4n) is 5.17. The maximum atomic E-state index is 12.1. The van der Waals surface area contributed by atoms with Gasteiger partial charge in [-0.2, -0.15) is 0 Å². The Balaban J connectivity index is 1.39. The lowest BCUT2D eigenvalue weighted by atomic mass is 9.87. The lowest BCUT2D eigenvalue weighted by Gasteiger charge is -2.37. The lowest BCUT2D eigenvalue weighted by molar-refractivity contribution is -0.200. The highest BCUT2D eigenvalue weighted by molar-refractivity contribution is 7.18. The third-order valence-corrected chi connectivity index (χ3v) is 8.51. The van der Waals surface area contributed by atoms with E-state index in [1.165, 1.54) is 12.7 Å². The first-order valence-corrected chi connectivity index (χ1v) is 14.3. The first-order chi connectivity index (χ1) is 18.9. The minimum absolute atomic E-state index is 0.117. The summed E-state index contributed by atoms with van der Waals surface area (Å²) in [6.07, 6.45) is 5.24. The summed E-state index contributed by atoms with van der Waals surface area (Å²) in [6, 6.07) is 15.5. The summed E-state index contributed by atoms with van der Waals surface area (Å²) >= 11 is 1.16. The van der Waals surface area contributed by atoms with Crippen molar-refractivity contribution < 1.29 is 24.2 Å². The number of anilines is 1. The number of aliphatic hydroxyl groups is 1. The first kappa shape index (κ1) is 28.1. The van der Waals surface area contributed by atoms with Crippen LogP contribution < -0.4 is 5.32 Å². The van der Waals surface area contributed by atoms with Crippen molar-refractivity contribution >= 4 is 34.1 Å². The van der Waals surface area contributed by atoms with Gasteiger partial charge in [0, 0.05) is 35.2 Å². The van der Waals surface area contributed by atoms with Crippen molar-refractivity contribution in [2.75, 3.05) is 12.4 Å². The number of hydrogen-bond donors (Lipinski definition) is 3. The quantitative estimate of drug-likeness (QED) is 0.148. The van der Waals surface area contributed by atoms with Crippen molar-refractivity contribution in [3.63, 3.8) is 0 Å². The molecule has 2 atom stereocenters. The number of aromatic carboxylic acids is 1. The molecule has 0 bridgehead atoms. The molecule has 0 amide bonds. The van der Waals surface area contributed by atoms with E-state index in [4.69, 9.17) is 14.1 Å². The molecule has 7 nitrogen and oxygen atoms in total. The Morgan fingerprint density at radius 3 is 2.50 bits per heavy atom. The largest absolute Gasteiger partial charge is 0.477 e. The van der Waals surface area contributed by atoms with Gasteiger partial charge in [0.25, 0.3) is 0 Å². The summed E-state index contributed by atoms with van der Waals surface area (Å²) < 4.78 is 11.6. The van der Waals surface area contributed by atoms with Crippen molar-refractivity contribution in [3.8, 4) is 21.8 Å². The molecule has 3 N–H and O–H groups in total. The van der Waals surface area contributed by atoms with E-state index >= 15 is 0 Å². The van der Waals surface area contributed by atoms with Crippen LogP contribution >= 0.6 is 11.3 Å². The normalized spacial score (nSPS) is 17.4. The van der Waals surface area contributed by atoms with Gasteiger partial charge in [-0.25, -0.2) is 9.78 Å². The molecule has 0 saturated heterocycles. The summed E-state index contributed by atoms with van der Waals surface area (Å²) in [6.45, 7) is 8.66. The average molecular weight is 561 g/mol. The number of pyridine rings is 1. The Kier molecular flexibility index (Phi) is 7.61. The topological polar surface area (TPSA) is 105 Å². The number of rotatable bonds is 8. The van der Waals surface area contributed by atoms with Gasteiger partial charge in [-0.05, 0) is 61.8 Å². The van der Waals surface area contributed by atoms with Gasteiger partial charge in [0.1, 0.15) is 16.2 Å². The number of fused-ring (bicyclic) bond motifs is 1. The highest BCUT2D eigenvalue weighted by Crippen LogP contribution is 2.40. The molecule has 40 heavy (non-hydrogen) atoms. The van der Waals surface area contributed by atoms with Crippen LogP contribution in [0.1, 0.15) is 62.3 Å². The Labute approximate surface area is 238 Å². The summed E-state index contributed by atoms with van der Waals surface area (Å²) in [4.78, 5) is 17.8. The fourth-order valence-corrected chi connectivity index (χ4v) is 6.13. The lowest BCUT2D eigenvalue weighted by Crippen LogP contribution is -2.48. The van der Waals surface area contributed by atoms with E-state index in [1.807, 2.05) is 42.5 Å². The molecule has 0 aliphatic heterocycles. The second-order valence-corrected chi connectivity index (χ2v) is 12.9. The van der Waals surface area contributed by atoms with Crippen molar-refractivity contribution in [3.05, 3.63) is 70.8 Å². The van der Waals surface area contributed by atoms with Crippen LogP contribution in [-0.2, 0) is 11.2 Å². The van der Waals surface area contributed by atoms with Crippen molar-refractivity contribution in [1.29, 1.82) is 0 Å². The van der Waals surface area contributed by atoms with Crippen LogP contribution in [0.4, 0.5) is 5.69 Å². The van der Waals surface area contributed by atoms with E-state index in [0.29, 0.717) is 12.1 Å². The molecule has 3 aromatic heterocycles. The molecular weight excluding hydrogens is 524 g/mol. The third kappa shape index (κ3) is 5.99. The van der Waals surface area contributed by atoms with Gasteiger partial charge >= 0.3 is 5.97 Å². The molecule has 1 aliphatic rings. The van der Waals surface area contributed by atoms with E-state index in [2.05, 4.69) is 39.1 Å². The van der Waals surface area contributed by atoms with Crippen LogP contribution in [0.3, 0.4) is 0 Å². The van der Waals surface area contributed by atoms with Crippen LogP contribution in [0.15, 0.2) is 64.6 Å². The standard InChI is InChI=1S/C32H36N2O5S/c1-19-6-12-22(13-7-19)32(37,38-5)34-25-17-28(40-29(25)30(35)36)21-10-8-20(9-11-21)27-16-24-26(39-27)15-14-23(33-24)18-31(2,3)4/h6,8-11,14-17,22,34,37H,7,12-13,18H2,1-5H3,(H,35,36). The zero-order chi connectivity index (χ0) is 28.7. The molecule has 8 heteroatoms. The molecule has 1 aromatic carbocycles. The Bertz CT molecular complexity index is 1560. The number of benzene rings is 1. The van der Waals surface area contributed by atoms with Crippen molar-refractivity contribution in [2.45, 2.75) is 59.3 Å². The molecule has 4 aromatic rings. The van der Waals surface area contributed by atoms with Crippen LogP contribution in [0.5, 0.6) is 0 Å². The third-order valence-electron chi connectivity index (χ3n) is 7.34. The van der Waals surface area contributed by atoms with E-state index in [1.54, 1.807) is 6.07 Å². The Morgan fingerprint density at radius 2 is 1.88 bits per heavy atom. The monoisotopic (exact) mass is 560 g/mol. The molecule has 3 heterocycles. The van der Waals surface area contributed by atoms with Gasteiger partial charge in [-0.15, -0.1) is 11.3 Å². The molecule has 0 spiro atoms. The number of aromatic nitrogens is 1. The number of thiophene rings is 1. The Hall–Kier alpha value is -3.46. The van der Waals surface area contributed by atoms with Gasteiger partial charge in [-0.3, -0.25) is 0 Å². The van der Waals surface area contributed by atoms with Crippen LogP contribution in [-0.4, -0.2) is 34.2 Å². The number of carboxylic acid groups (broad SMARTS) is 1. The molecule has 2 unspecified atom stereocenters. The smallest absolute Gasteiger partial charge is 0.348 e. The molecular formula is C32H36N2O5S. The van der Waals surface area contributed by atoms with Gasteiger partial charge < -0.3 is 24.7 Å². The number of nitrogens with one attached hydrogen (secondary N) is 1. The number of methoxy groups -OCH3 is 1. The summed E-state index contributed by atoms with van der Waals surface area (Å²) in [5.74, 6) is -2.21. The molecule has 5 rings (SSSR count). The maximum absolute atomic E-state index is 12.1. The van der Waals surface area contributed by atoms with E-state index < -0.39 is 11.9 Å². The SMILES string of the molecule is COC(O)(Nc1cc(-c2ccc(-c3cc4nc(CC(C)(C)C)ccc4o3)cc2)sc1C(=O)O)C1CC=C(C)CC1. The fraction of sp³-hybridized carbons (Fsp3) is 0.375. The average Bonchev–Trinajstić information content (AvgIpc) is 3.52. The van der Waals surface area contributed by atoms with E-state index in [9.17, 15) is 15.0 Å². The minimum Gasteiger partial charge on any atom is -0.477 e.